The zero-order chi connectivity index (χ0) is 22.2. The van der Waals surface area contributed by atoms with E-state index in [4.69, 9.17) is 4.42 Å². The molecule has 1 aliphatic heterocycles. The molecule has 1 aromatic heterocycles. The second-order valence-corrected chi connectivity index (χ2v) is 10.6. The zero-order valence-electron chi connectivity index (χ0n) is 18.1. The standard InChI is InChI=1S/C24H28N2O4S/c1-16-11-17(2)15-26(14-16)31(28,29)20-9-10-22-21(12-20)18(3)23(30-22)24(27)25-13-19-7-5-4-6-8-19/h4-10,12,16-17H,11,13-15H2,1-3H3,(H,25,27)/t16-,17-/m0/s1. The number of sulfonamides is 1. The first-order valence-corrected chi connectivity index (χ1v) is 12.0. The topological polar surface area (TPSA) is 79.6 Å². The van der Waals surface area contributed by atoms with Crippen LogP contribution in [0.3, 0.4) is 0 Å². The molecular formula is C24H28N2O4S. The van der Waals surface area contributed by atoms with E-state index in [1.165, 1.54) is 0 Å². The van der Waals surface area contributed by atoms with Crippen molar-refractivity contribution in [2.24, 2.45) is 11.8 Å². The molecule has 1 fully saturated rings. The number of aryl methyl sites for hydroxylation is 1. The van der Waals surface area contributed by atoms with Gasteiger partial charge in [-0.05, 0) is 48.9 Å². The molecule has 2 aromatic carbocycles. The third-order valence-electron chi connectivity index (χ3n) is 5.88. The Bertz CT molecular complexity index is 1190. The van der Waals surface area contributed by atoms with Crippen molar-refractivity contribution in [2.45, 2.75) is 38.6 Å². The highest BCUT2D eigenvalue weighted by atomic mass is 32.2. The summed E-state index contributed by atoms with van der Waals surface area (Å²) in [7, 11) is -3.60. The van der Waals surface area contributed by atoms with E-state index in [-0.39, 0.29) is 16.6 Å². The van der Waals surface area contributed by atoms with E-state index >= 15 is 0 Å². The number of fused-ring (bicyclic) bond motifs is 1. The number of hydrogen-bond acceptors (Lipinski definition) is 4. The van der Waals surface area contributed by atoms with Gasteiger partial charge in [-0.15, -0.1) is 0 Å². The fourth-order valence-corrected chi connectivity index (χ4v) is 6.09. The summed E-state index contributed by atoms with van der Waals surface area (Å²) in [6.45, 7) is 7.40. The van der Waals surface area contributed by atoms with E-state index in [0.717, 1.165) is 12.0 Å². The number of rotatable bonds is 5. The number of carbonyl (C=O) groups is 1. The number of furan rings is 1. The predicted octanol–water partition coefficient (Wildman–Crippen LogP) is 4.34. The average molecular weight is 441 g/mol. The number of hydrogen-bond donors (Lipinski definition) is 1. The summed E-state index contributed by atoms with van der Waals surface area (Å²) in [6.07, 6.45) is 1.04. The summed E-state index contributed by atoms with van der Waals surface area (Å²) < 4.78 is 33.9. The van der Waals surface area contributed by atoms with Crippen molar-refractivity contribution in [2.75, 3.05) is 13.1 Å². The Kier molecular flexibility index (Phi) is 5.90. The number of amides is 1. The lowest BCUT2D eigenvalue weighted by atomic mass is 9.94. The third-order valence-corrected chi connectivity index (χ3v) is 7.71. The Labute approximate surface area is 183 Å². The summed E-state index contributed by atoms with van der Waals surface area (Å²) in [5.74, 6) is 0.553. The monoisotopic (exact) mass is 440 g/mol. The molecule has 164 valence electrons. The van der Waals surface area contributed by atoms with Gasteiger partial charge in [0.05, 0.1) is 4.90 Å². The van der Waals surface area contributed by atoms with E-state index in [0.29, 0.717) is 48.0 Å². The van der Waals surface area contributed by atoms with Crippen LogP contribution in [-0.4, -0.2) is 31.7 Å². The molecule has 0 unspecified atom stereocenters. The van der Waals surface area contributed by atoms with Crippen molar-refractivity contribution in [1.82, 2.24) is 9.62 Å². The summed E-state index contributed by atoms with van der Waals surface area (Å²) >= 11 is 0. The van der Waals surface area contributed by atoms with Gasteiger partial charge in [-0.2, -0.15) is 4.31 Å². The first kappa shape index (κ1) is 21.6. The van der Waals surface area contributed by atoms with E-state index in [2.05, 4.69) is 19.2 Å². The third kappa shape index (κ3) is 4.38. The summed E-state index contributed by atoms with van der Waals surface area (Å²) in [5.41, 5.74) is 2.13. The maximum absolute atomic E-state index is 13.2. The van der Waals surface area contributed by atoms with Crippen LogP contribution in [0.2, 0.25) is 0 Å². The lowest BCUT2D eigenvalue weighted by molar-refractivity contribution is 0.0924. The summed E-state index contributed by atoms with van der Waals surface area (Å²) in [6, 6.07) is 14.5. The van der Waals surface area contributed by atoms with Crippen molar-refractivity contribution in [3.8, 4) is 0 Å². The van der Waals surface area contributed by atoms with Crippen molar-refractivity contribution >= 4 is 26.9 Å². The normalized spacial score (nSPS) is 20.1. The van der Waals surface area contributed by atoms with Crippen molar-refractivity contribution in [1.29, 1.82) is 0 Å². The molecule has 2 heterocycles. The van der Waals surface area contributed by atoms with Gasteiger partial charge in [-0.25, -0.2) is 8.42 Å². The van der Waals surface area contributed by atoms with Crippen LogP contribution in [0.25, 0.3) is 11.0 Å². The van der Waals surface area contributed by atoms with E-state index in [9.17, 15) is 13.2 Å². The van der Waals surface area contributed by atoms with Crippen molar-refractivity contribution < 1.29 is 17.6 Å². The molecule has 6 nitrogen and oxygen atoms in total. The van der Waals surface area contributed by atoms with Crippen LogP contribution in [-0.2, 0) is 16.6 Å². The van der Waals surface area contributed by atoms with Crippen LogP contribution in [0.4, 0.5) is 0 Å². The Balaban J connectivity index is 1.60. The molecule has 1 saturated heterocycles. The van der Waals surface area contributed by atoms with Gasteiger partial charge in [0.25, 0.3) is 5.91 Å². The first-order chi connectivity index (χ1) is 14.8. The predicted molar refractivity (Wildman–Crippen MR) is 120 cm³/mol. The Morgan fingerprint density at radius 2 is 1.77 bits per heavy atom. The minimum absolute atomic E-state index is 0.209. The van der Waals surface area contributed by atoms with Crippen molar-refractivity contribution in [3.05, 3.63) is 65.4 Å². The zero-order valence-corrected chi connectivity index (χ0v) is 18.9. The minimum Gasteiger partial charge on any atom is -0.451 e. The molecule has 1 N–H and O–H groups in total. The largest absolute Gasteiger partial charge is 0.451 e. The summed E-state index contributed by atoms with van der Waals surface area (Å²) in [4.78, 5) is 12.9. The van der Waals surface area contributed by atoms with Crippen LogP contribution in [0.15, 0.2) is 57.8 Å². The Morgan fingerprint density at radius 3 is 2.45 bits per heavy atom. The molecule has 1 amide bonds. The Morgan fingerprint density at radius 1 is 1.10 bits per heavy atom. The molecule has 3 aromatic rings. The molecule has 0 aliphatic carbocycles. The van der Waals surface area contributed by atoms with Gasteiger partial charge in [-0.1, -0.05) is 44.2 Å². The molecule has 0 radical (unpaired) electrons. The highest BCUT2D eigenvalue weighted by Gasteiger charge is 2.32. The number of nitrogens with zero attached hydrogens (tertiary/aromatic N) is 1. The van der Waals surface area contributed by atoms with Gasteiger partial charge >= 0.3 is 0 Å². The second kappa shape index (κ2) is 8.48. The van der Waals surface area contributed by atoms with E-state index in [1.54, 1.807) is 29.4 Å². The number of nitrogens with one attached hydrogen (secondary N) is 1. The van der Waals surface area contributed by atoms with Crippen LogP contribution in [0.5, 0.6) is 0 Å². The molecule has 0 spiro atoms. The van der Waals surface area contributed by atoms with Gasteiger partial charge in [-0.3, -0.25) is 4.79 Å². The maximum atomic E-state index is 13.2. The quantitative estimate of drug-likeness (QED) is 0.640. The molecule has 31 heavy (non-hydrogen) atoms. The first-order valence-electron chi connectivity index (χ1n) is 10.6. The van der Waals surface area contributed by atoms with E-state index < -0.39 is 10.0 Å². The van der Waals surface area contributed by atoms with Crippen LogP contribution >= 0.6 is 0 Å². The van der Waals surface area contributed by atoms with Gasteiger partial charge in [0.2, 0.25) is 10.0 Å². The van der Waals surface area contributed by atoms with Crippen LogP contribution in [0, 0.1) is 18.8 Å². The lowest BCUT2D eigenvalue weighted by Crippen LogP contribution is -2.42. The van der Waals surface area contributed by atoms with Crippen LogP contribution in [0.1, 0.15) is 41.9 Å². The fraction of sp³-hybridized carbons (Fsp3) is 0.375. The van der Waals surface area contributed by atoms with Crippen molar-refractivity contribution in [3.63, 3.8) is 0 Å². The lowest BCUT2D eigenvalue weighted by Gasteiger charge is -2.34. The second-order valence-electron chi connectivity index (χ2n) is 8.65. The van der Waals surface area contributed by atoms with Crippen LogP contribution < -0.4 is 5.32 Å². The fourth-order valence-electron chi connectivity index (χ4n) is 4.39. The number of benzene rings is 2. The van der Waals surface area contributed by atoms with Gasteiger partial charge in [0.15, 0.2) is 5.76 Å². The van der Waals surface area contributed by atoms with Gasteiger partial charge in [0.1, 0.15) is 5.58 Å². The van der Waals surface area contributed by atoms with Gasteiger partial charge < -0.3 is 9.73 Å². The highest BCUT2D eigenvalue weighted by molar-refractivity contribution is 7.89. The highest BCUT2D eigenvalue weighted by Crippen LogP contribution is 2.31. The molecule has 0 bridgehead atoms. The molecular weight excluding hydrogens is 412 g/mol. The minimum atomic E-state index is -3.60. The smallest absolute Gasteiger partial charge is 0.287 e. The summed E-state index contributed by atoms with van der Waals surface area (Å²) in [5, 5.41) is 3.51. The maximum Gasteiger partial charge on any atom is 0.287 e. The Hall–Kier alpha value is -2.64. The molecule has 4 rings (SSSR count). The molecule has 1 aliphatic rings. The molecule has 0 saturated carbocycles. The molecule has 7 heteroatoms. The van der Waals surface area contributed by atoms with Gasteiger partial charge in [0, 0.05) is 30.6 Å². The van der Waals surface area contributed by atoms with E-state index in [1.807, 2.05) is 30.3 Å². The average Bonchev–Trinajstić information content (AvgIpc) is 3.08. The number of carbonyl (C=O) groups excluding carboxylic acids is 1. The molecule has 2 atom stereocenters. The SMILES string of the molecule is Cc1c(C(=O)NCc2ccccc2)oc2ccc(S(=O)(=O)N3C[C@@H](C)C[C@H](C)C3)cc12. The number of piperidine rings is 1.